The number of halogens is 1. The minimum atomic E-state index is -1.20. The molecule has 2 aliphatic heterocycles. The van der Waals surface area contributed by atoms with Crippen LogP contribution in [0.25, 0.3) is 11.1 Å². The highest BCUT2D eigenvalue weighted by atomic mass is 19.1. The predicted octanol–water partition coefficient (Wildman–Crippen LogP) is 2.58. The summed E-state index contributed by atoms with van der Waals surface area (Å²) in [6, 6.07) is 11.1. The zero-order valence-electron chi connectivity index (χ0n) is 22.6. The lowest BCUT2D eigenvalue weighted by molar-refractivity contribution is -0.142. The van der Waals surface area contributed by atoms with Gasteiger partial charge in [0.25, 0.3) is 5.91 Å². The monoisotopic (exact) mass is 561 g/mol. The summed E-state index contributed by atoms with van der Waals surface area (Å²) in [7, 11) is 0. The van der Waals surface area contributed by atoms with Crippen LogP contribution in [0.5, 0.6) is 0 Å². The molecule has 1 spiro atoms. The first-order chi connectivity index (χ1) is 19.9. The van der Waals surface area contributed by atoms with E-state index in [4.69, 9.17) is 9.84 Å². The number of imide groups is 1. The van der Waals surface area contributed by atoms with Gasteiger partial charge in [0.1, 0.15) is 17.9 Å². The van der Waals surface area contributed by atoms with Gasteiger partial charge in [0.05, 0.1) is 19.3 Å². The Hall–Kier alpha value is -4.09. The number of aliphatic hydroxyl groups is 1. The zero-order chi connectivity index (χ0) is 28.6. The molecule has 0 unspecified atom stereocenters. The molecule has 2 fully saturated rings. The van der Waals surface area contributed by atoms with E-state index in [0.29, 0.717) is 45.4 Å². The molecule has 4 amide bonds. The fourth-order valence-electron chi connectivity index (χ4n) is 6.14. The largest absolute Gasteiger partial charge is 0.394 e. The molecule has 41 heavy (non-hydrogen) atoms. The smallest absolute Gasteiger partial charge is 0.325 e. The topological polar surface area (TPSA) is 117 Å². The van der Waals surface area contributed by atoms with Crippen molar-refractivity contribution in [3.8, 4) is 11.1 Å². The van der Waals surface area contributed by atoms with Gasteiger partial charge in [0.2, 0.25) is 5.91 Å². The van der Waals surface area contributed by atoms with Crippen molar-refractivity contribution >= 4 is 17.8 Å². The molecule has 3 aromatic rings. The molecule has 2 aromatic carbocycles. The summed E-state index contributed by atoms with van der Waals surface area (Å²) in [4.78, 5) is 43.4. The van der Waals surface area contributed by atoms with E-state index in [-0.39, 0.29) is 37.5 Å². The molecule has 0 saturated carbocycles. The summed E-state index contributed by atoms with van der Waals surface area (Å²) >= 11 is 0. The van der Waals surface area contributed by atoms with Crippen LogP contribution < -0.4 is 5.32 Å². The molecule has 1 atom stereocenters. The quantitative estimate of drug-likeness (QED) is 0.409. The first-order valence-electron chi connectivity index (χ1n) is 13.9. The van der Waals surface area contributed by atoms with Gasteiger partial charge in [0, 0.05) is 37.6 Å². The molecule has 11 heteroatoms. The summed E-state index contributed by atoms with van der Waals surface area (Å²) < 4.78 is 20.6. The van der Waals surface area contributed by atoms with Gasteiger partial charge >= 0.3 is 6.03 Å². The summed E-state index contributed by atoms with van der Waals surface area (Å²) in [6.45, 7) is 1.31. The standard InChI is InChI=1S/C30H32FN5O5/c31-24-4-1-20(2-5-24)17-35(25-8-13-41-14-9-25)27(38)19-36-28(39)30(33-29(36)40)10-7-22-15-21(3-6-26(22)30)23-16-32-34(18-23)11-12-37/h1-6,15-16,18,25,37H,7-14,17,19H2,(H,33,40)/t30-/m0/s1. The van der Waals surface area contributed by atoms with Gasteiger partial charge in [-0.2, -0.15) is 5.10 Å². The SMILES string of the molecule is O=C1N[C@]2(CCc3cc(-c4cnn(CCO)c4)ccc32)C(=O)N1CC(=O)N(Cc1ccc(F)cc1)C1CCOCC1. The third-order valence-electron chi connectivity index (χ3n) is 8.32. The van der Waals surface area contributed by atoms with Crippen LogP contribution in [0, 0.1) is 5.82 Å². The van der Waals surface area contributed by atoms with E-state index in [1.54, 1.807) is 27.9 Å². The number of amides is 4. The van der Waals surface area contributed by atoms with Crippen molar-refractivity contribution in [2.45, 2.75) is 50.4 Å². The third-order valence-corrected chi connectivity index (χ3v) is 8.32. The molecule has 1 aromatic heterocycles. The molecule has 2 saturated heterocycles. The van der Waals surface area contributed by atoms with Crippen molar-refractivity contribution in [1.29, 1.82) is 0 Å². The first kappa shape index (κ1) is 27.1. The van der Waals surface area contributed by atoms with E-state index in [9.17, 15) is 18.8 Å². The van der Waals surface area contributed by atoms with Crippen molar-refractivity contribution in [2.24, 2.45) is 0 Å². The average Bonchev–Trinajstić information content (AvgIpc) is 3.66. The third kappa shape index (κ3) is 5.11. The van der Waals surface area contributed by atoms with Gasteiger partial charge in [-0.15, -0.1) is 0 Å². The van der Waals surface area contributed by atoms with Crippen molar-refractivity contribution < 1.29 is 28.6 Å². The highest BCUT2D eigenvalue weighted by Crippen LogP contribution is 2.42. The number of hydrogen-bond donors (Lipinski definition) is 2. The number of aryl methyl sites for hydroxylation is 1. The minimum absolute atomic E-state index is 0.00624. The number of benzene rings is 2. The van der Waals surface area contributed by atoms with Crippen LogP contribution >= 0.6 is 0 Å². The molecule has 1 aliphatic carbocycles. The molecule has 10 nitrogen and oxygen atoms in total. The van der Waals surface area contributed by atoms with Crippen LogP contribution in [-0.4, -0.2) is 74.9 Å². The Labute approximate surface area is 236 Å². The second-order valence-electron chi connectivity index (χ2n) is 10.8. The van der Waals surface area contributed by atoms with Crippen molar-refractivity contribution in [3.05, 3.63) is 77.4 Å². The fraction of sp³-hybridized carbons (Fsp3) is 0.400. The van der Waals surface area contributed by atoms with Crippen LogP contribution in [0.15, 0.2) is 54.9 Å². The summed E-state index contributed by atoms with van der Waals surface area (Å²) in [5.74, 6) is -1.12. The van der Waals surface area contributed by atoms with Gasteiger partial charge in [0.15, 0.2) is 0 Å². The molecular formula is C30H32FN5O5. The van der Waals surface area contributed by atoms with Gasteiger partial charge in [-0.1, -0.05) is 30.3 Å². The van der Waals surface area contributed by atoms with Gasteiger partial charge < -0.3 is 20.1 Å². The molecule has 3 aliphatic rings. The Morgan fingerprint density at radius 2 is 1.93 bits per heavy atom. The number of urea groups is 1. The minimum Gasteiger partial charge on any atom is -0.394 e. The highest BCUT2D eigenvalue weighted by molar-refractivity contribution is 6.10. The Bertz CT molecular complexity index is 1470. The van der Waals surface area contributed by atoms with Crippen LogP contribution in [0.2, 0.25) is 0 Å². The van der Waals surface area contributed by atoms with Crippen molar-refractivity contribution in [1.82, 2.24) is 24.9 Å². The number of ether oxygens (including phenoxy) is 1. The maximum absolute atomic E-state index is 13.8. The van der Waals surface area contributed by atoms with Crippen LogP contribution in [0.4, 0.5) is 9.18 Å². The molecule has 3 heterocycles. The lowest BCUT2D eigenvalue weighted by atomic mass is 9.90. The van der Waals surface area contributed by atoms with Gasteiger partial charge in [-0.05, 0) is 60.1 Å². The van der Waals surface area contributed by atoms with Gasteiger partial charge in [-0.25, -0.2) is 9.18 Å². The van der Waals surface area contributed by atoms with Crippen LogP contribution in [-0.2, 0) is 39.4 Å². The number of carbonyl (C=O) groups is 3. The van der Waals surface area contributed by atoms with E-state index >= 15 is 0 Å². The number of aliphatic hydroxyl groups excluding tert-OH is 1. The number of carbonyl (C=O) groups excluding carboxylic acids is 3. The summed E-state index contributed by atoms with van der Waals surface area (Å²) in [6.07, 6.45) is 5.88. The molecule has 6 rings (SSSR count). The molecule has 0 radical (unpaired) electrons. The molecule has 2 N–H and O–H groups in total. The van der Waals surface area contributed by atoms with E-state index in [1.807, 2.05) is 24.4 Å². The maximum atomic E-state index is 13.8. The van der Waals surface area contributed by atoms with E-state index < -0.39 is 17.5 Å². The number of hydrogen-bond acceptors (Lipinski definition) is 6. The molecular weight excluding hydrogens is 529 g/mol. The first-order valence-corrected chi connectivity index (χ1v) is 13.9. The van der Waals surface area contributed by atoms with Gasteiger partial charge in [-0.3, -0.25) is 19.2 Å². The Morgan fingerprint density at radius 3 is 2.68 bits per heavy atom. The van der Waals surface area contributed by atoms with E-state index in [2.05, 4.69) is 10.4 Å². The molecule has 0 bridgehead atoms. The lowest BCUT2D eigenvalue weighted by Crippen LogP contribution is -2.49. The Balaban J connectivity index is 1.21. The molecule has 214 valence electrons. The number of rotatable bonds is 8. The predicted molar refractivity (Wildman–Crippen MR) is 146 cm³/mol. The van der Waals surface area contributed by atoms with E-state index in [1.165, 1.54) is 12.1 Å². The highest BCUT2D eigenvalue weighted by Gasteiger charge is 2.55. The number of nitrogens with one attached hydrogen (secondary N) is 1. The number of aromatic nitrogens is 2. The average molecular weight is 562 g/mol. The van der Waals surface area contributed by atoms with Crippen molar-refractivity contribution in [2.75, 3.05) is 26.4 Å². The van der Waals surface area contributed by atoms with E-state index in [0.717, 1.165) is 32.7 Å². The second-order valence-corrected chi connectivity index (χ2v) is 10.8. The normalized spacial score (nSPS) is 20.5. The lowest BCUT2D eigenvalue weighted by Gasteiger charge is -2.35. The second kappa shape index (κ2) is 11.1. The number of nitrogens with zero attached hydrogens (tertiary/aromatic N) is 4. The Morgan fingerprint density at radius 1 is 1.15 bits per heavy atom. The van der Waals surface area contributed by atoms with Crippen molar-refractivity contribution in [3.63, 3.8) is 0 Å². The number of fused-ring (bicyclic) bond motifs is 2. The van der Waals surface area contributed by atoms with Crippen LogP contribution in [0.1, 0.15) is 36.0 Å². The fourth-order valence-corrected chi connectivity index (χ4v) is 6.14. The van der Waals surface area contributed by atoms with Crippen LogP contribution in [0.3, 0.4) is 0 Å². The Kier molecular flexibility index (Phi) is 7.31. The summed E-state index contributed by atoms with van der Waals surface area (Å²) in [5.41, 5.74) is 3.09. The zero-order valence-corrected chi connectivity index (χ0v) is 22.6. The summed E-state index contributed by atoms with van der Waals surface area (Å²) in [5, 5.41) is 16.3. The maximum Gasteiger partial charge on any atom is 0.325 e.